The fourth-order valence-corrected chi connectivity index (χ4v) is 5.31. The van der Waals surface area contributed by atoms with Crippen LogP contribution < -0.4 is 15.2 Å². The van der Waals surface area contributed by atoms with Gasteiger partial charge in [0.1, 0.15) is 5.75 Å². The molecule has 2 aliphatic heterocycles. The number of fused-ring (bicyclic) bond motifs is 3. The van der Waals surface area contributed by atoms with E-state index in [4.69, 9.17) is 4.74 Å². The number of alkyl halides is 2. The molecule has 4 aromatic rings. The van der Waals surface area contributed by atoms with Crippen LogP contribution in [0.1, 0.15) is 30.9 Å². The summed E-state index contributed by atoms with van der Waals surface area (Å²) in [6.45, 7) is -1.02. The van der Waals surface area contributed by atoms with Gasteiger partial charge in [0.05, 0.1) is 23.0 Å². The van der Waals surface area contributed by atoms with E-state index >= 15 is 0 Å². The molecule has 6 rings (SSSR count). The minimum atomic E-state index is -2.93. The lowest BCUT2D eigenvalue weighted by Crippen LogP contribution is -2.36. The van der Waals surface area contributed by atoms with Gasteiger partial charge in [0.15, 0.2) is 0 Å². The van der Waals surface area contributed by atoms with Gasteiger partial charge in [0, 0.05) is 43.2 Å². The molecule has 2 aliphatic rings. The number of hydrogen-bond donors (Lipinski definition) is 1. The van der Waals surface area contributed by atoms with Crippen LogP contribution in [-0.4, -0.2) is 50.2 Å². The van der Waals surface area contributed by atoms with Crippen LogP contribution in [0.4, 0.5) is 14.7 Å². The van der Waals surface area contributed by atoms with E-state index in [0.29, 0.717) is 55.8 Å². The molecule has 0 spiro atoms. The molecular formula is C26H25F2N5O3. The summed E-state index contributed by atoms with van der Waals surface area (Å²) in [6.07, 6.45) is 5.25. The molecule has 2 aromatic heterocycles. The lowest BCUT2D eigenvalue weighted by molar-refractivity contribution is -0.0507. The minimum absolute atomic E-state index is 0.106. The van der Waals surface area contributed by atoms with E-state index in [9.17, 15) is 18.7 Å². The number of aliphatic hydroxyl groups excluding tert-OH is 1. The van der Waals surface area contributed by atoms with Crippen LogP contribution in [0.15, 0.2) is 59.7 Å². The molecule has 0 amide bonds. The van der Waals surface area contributed by atoms with Gasteiger partial charge in [-0.05, 0) is 43.0 Å². The maximum atomic E-state index is 13.1. The zero-order chi connectivity index (χ0) is 24.8. The van der Waals surface area contributed by atoms with E-state index in [-0.39, 0.29) is 23.5 Å². The van der Waals surface area contributed by atoms with Crippen molar-refractivity contribution < 1.29 is 18.6 Å². The molecular weight excluding hydrogens is 468 g/mol. The number of aromatic nitrogens is 4. The van der Waals surface area contributed by atoms with Crippen LogP contribution in [0.2, 0.25) is 0 Å². The molecule has 1 unspecified atom stereocenters. The predicted molar refractivity (Wildman–Crippen MR) is 131 cm³/mol. The highest BCUT2D eigenvalue weighted by Crippen LogP contribution is 2.37. The first kappa shape index (κ1) is 22.7. The van der Waals surface area contributed by atoms with Gasteiger partial charge in [0.2, 0.25) is 5.95 Å². The van der Waals surface area contributed by atoms with Gasteiger partial charge in [-0.2, -0.15) is 8.78 Å². The van der Waals surface area contributed by atoms with Crippen LogP contribution in [-0.2, 0) is 6.54 Å². The Balaban J connectivity index is 1.37. The Bertz CT molecular complexity index is 1460. The van der Waals surface area contributed by atoms with E-state index in [0.717, 1.165) is 16.6 Å². The molecule has 4 heterocycles. The van der Waals surface area contributed by atoms with Crippen LogP contribution in [0.5, 0.6) is 5.75 Å². The zero-order valence-corrected chi connectivity index (χ0v) is 19.4. The standard InChI is InChI=1S/C26H25F2N5O3/c27-25(28)36-23-4-2-1-3-19(23)21-9-12-32-24(35)20-6-5-16(13-22(20)33(21)32)17-14-29-26(30-15-17)31-10-7-18(34)8-11-31/h1-6,13-15,18,21,25,34H,7-12H2. The van der Waals surface area contributed by atoms with Crippen molar-refractivity contribution >= 4 is 16.9 Å². The Kier molecular flexibility index (Phi) is 5.67. The van der Waals surface area contributed by atoms with Crippen molar-refractivity contribution in [2.75, 3.05) is 18.0 Å². The number of ether oxygens (including phenoxy) is 1. The maximum Gasteiger partial charge on any atom is 0.387 e. The molecule has 0 aliphatic carbocycles. The van der Waals surface area contributed by atoms with Crippen LogP contribution in [0, 0.1) is 0 Å². The third-order valence-corrected chi connectivity index (χ3v) is 7.09. The number of para-hydroxylation sites is 1. The zero-order valence-electron chi connectivity index (χ0n) is 19.4. The summed E-state index contributed by atoms with van der Waals surface area (Å²) >= 11 is 0. The molecule has 1 atom stereocenters. The highest BCUT2D eigenvalue weighted by molar-refractivity contribution is 5.84. The molecule has 0 bridgehead atoms. The van der Waals surface area contributed by atoms with Gasteiger partial charge >= 0.3 is 6.61 Å². The van der Waals surface area contributed by atoms with Crippen molar-refractivity contribution in [3.8, 4) is 16.9 Å². The van der Waals surface area contributed by atoms with Gasteiger partial charge in [-0.1, -0.05) is 24.3 Å². The summed E-state index contributed by atoms with van der Waals surface area (Å²) in [5.41, 5.74) is 2.89. The third-order valence-electron chi connectivity index (χ3n) is 7.09. The van der Waals surface area contributed by atoms with Gasteiger partial charge in [-0.25, -0.2) is 14.6 Å². The van der Waals surface area contributed by atoms with Crippen molar-refractivity contribution in [2.24, 2.45) is 0 Å². The molecule has 10 heteroatoms. The molecule has 0 radical (unpaired) electrons. The monoisotopic (exact) mass is 493 g/mol. The first-order valence-corrected chi connectivity index (χ1v) is 12.0. The average Bonchev–Trinajstić information content (AvgIpc) is 3.44. The molecule has 8 nitrogen and oxygen atoms in total. The van der Waals surface area contributed by atoms with Gasteiger partial charge in [-0.3, -0.25) is 9.48 Å². The van der Waals surface area contributed by atoms with E-state index in [2.05, 4.69) is 14.9 Å². The van der Waals surface area contributed by atoms with E-state index in [1.54, 1.807) is 41.3 Å². The van der Waals surface area contributed by atoms with Crippen LogP contribution >= 0.6 is 0 Å². The Hall–Kier alpha value is -3.79. The second kappa shape index (κ2) is 9.02. The summed E-state index contributed by atoms with van der Waals surface area (Å²) in [7, 11) is 0. The van der Waals surface area contributed by atoms with E-state index < -0.39 is 6.61 Å². The Morgan fingerprint density at radius 2 is 1.72 bits per heavy atom. The van der Waals surface area contributed by atoms with Gasteiger partial charge in [-0.15, -0.1) is 0 Å². The smallest absolute Gasteiger partial charge is 0.387 e. The fraction of sp³-hybridized carbons (Fsp3) is 0.346. The number of halogens is 2. The fourth-order valence-electron chi connectivity index (χ4n) is 5.31. The third kappa shape index (κ3) is 3.91. The van der Waals surface area contributed by atoms with Crippen molar-refractivity contribution in [3.05, 3.63) is 70.8 Å². The highest BCUT2D eigenvalue weighted by atomic mass is 19.3. The maximum absolute atomic E-state index is 13.1. The van der Waals surface area contributed by atoms with E-state index in [1.807, 2.05) is 16.8 Å². The summed E-state index contributed by atoms with van der Waals surface area (Å²) in [6, 6.07) is 12.0. The topological polar surface area (TPSA) is 85.4 Å². The minimum Gasteiger partial charge on any atom is -0.434 e. The van der Waals surface area contributed by atoms with Crippen molar-refractivity contribution in [1.29, 1.82) is 0 Å². The Labute approximate surface area is 205 Å². The van der Waals surface area contributed by atoms with Crippen molar-refractivity contribution in [2.45, 2.75) is 44.6 Å². The lowest BCUT2D eigenvalue weighted by atomic mass is 10.0. The number of anilines is 1. The first-order valence-electron chi connectivity index (χ1n) is 12.0. The number of aliphatic hydroxyl groups is 1. The summed E-state index contributed by atoms with van der Waals surface area (Å²) in [5.74, 6) is 0.744. The highest BCUT2D eigenvalue weighted by Gasteiger charge is 2.30. The average molecular weight is 494 g/mol. The van der Waals surface area contributed by atoms with Crippen molar-refractivity contribution in [3.63, 3.8) is 0 Å². The van der Waals surface area contributed by atoms with Gasteiger partial charge < -0.3 is 14.7 Å². The lowest BCUT2D eigenvalue weighted by Gasteiger charge is -2.29. The second-order valence-electron chi connectivity index (χ2n) is 9.22. The number of nitrogens with zero attached hydrogens (tertiary/aromatic N) is 5. The van der Waals surface area contributed by atoms with Crippen molar-refractivity contribution in [1.82, 2.24) is 19.3 Å². The summed E-state index contributed by atoms with van der Waals surface area (Å²) in [5, 5.41) is 10.3. The molecule has 1 saturated heterocycles. The second-order valence-corrected chi connectivity index (χ2v) is 9.22. The summed E-state index contributed by atoms with van der Waals surface area (Å²) in [4.78, 5) is 24.2. The van der Waals surface area contributed by atoms with Gasteiger partial charge in [0.25, 0.3) is 5.56 Å². The molecule has 186 valence electrons. The quantitative estimate of drug-likeness (QED) is 0.455. The predicted octanol–water partition coefficient (Wildman–Crippen LogP) is 3.82. The Morgan fingerprint density at radius 3 is 2.47 bits per heavy atom. The molecule has 0 saturated carbocycles. The SMILES string of the molecule is O=c1c2ccc(-c3cnc(N4CCC(O)CC4)nc3)cc2n2n1CCC2c1ccccc1OC(F)F. The van der Waals surface area contributed by atoms with E-state index in [1.165, 1.54) is 6.07 Å². The van der Waals surface area contributed by atoms with Crippen LogP contribution in [0.25, 0.3) is 22.0 Å². The molecule has 1 fully saturated rings. The number of piperidine rings is 1. The number of benzene rings is 2. The van der Waals surface area contributed by atoms with Crippen LogP contribution in [0.3, 0.4) is 0 Å². The molecule has 2 aromatic carbocycles. The largest absolute Gasteiger partial charge is 0.434 e. The molecule has 1 N–H and O–H groups in total. The summed E-state index contributed by atoms with van der Waals surface area (Å²) < 4.78 is 34.4. The number of rotatable bonds is 5. The first-order chi connectivity index (χ1) is 17.5. The Morgan fingerprint density at radius 1 is 0.972 bits per heavy atom. The molecule has 36 heavy (non-hydrogen) atoms. The normalized spacial score (nSPS) is 18.2. The number of hydrogen-bond acceptors (Lipinski definition) is 6.